The number of nitrogens with one attached hydrogen (secondary N) is 1. The molecule has 0 spiro atoms. The molecule has 1 aliphatic rings. The number of rotatable bonds is 4. The van der Waals surface area contributed by atoms with Crippen molar-refractivity contribution in [1.82, 2.24) is 15.2 Å². The summed E-state index contributed by atoms with van der Waals surface area (Å²) < 4.78 is 1.05. The number of amides is 1. The number of aromatic nitrogens is 1. The van der Waals surface area contributed by atoms with Gasteiger partial charge in [0.05, 0.1) is 6.04 Å². The zero-order valence-electron chi connectivity index (χ0n) is 12.9. The van der Waals surface area contributed by atoms with Crippen LogP contribution in [0.5, 0.6) is 0 Å². The highest BCUT2D eigenvalue weighted by Crippen LogP contribution is 2.23. The molecule has 1 N–H and O–H groups in total. The Balaban J connectivity index is 1.67. The Hall–Kier alpha value is -1.72. The van der Waals surface area contributed by atoms with E-state index in [1.54, 1.807) is 6.20 Å². The first-order valence-electron chi connectivity index (χ1n) is 7.88. The molecule has 3 rings (SSSR count). The zero-order chi connectivity index (χ0) is 16.1. The van der Waals surface area contributed by atoms with Crippen molar-refractivity contribution < 1.29 is 4.79 Å². The minimum Gasteiger partial charge on any atom is -0.333 e. The largest absolute Gasteiger partial charge is 0.333 e. The number of piperazine rings is 1. The Morgan fingerprint density at radius 2 is 2.26 bits per heavy atom. The van der Waals surface area contributed by atoms with Crippen molar-refractivity contribution in [2.75, 3.05) is 19.6 Å². The molecule has 1 saturated heterocycles. The van der Waals surface area contributed by atoms with Crippen LogP contribution in [0.3, 0.4) is 0 Å². The quantitative estimate of drug-likeness (QED) is 0.895. The molecule has 1 aliphatic heterocycles. The molecule has 1 unspecified atom stereocenters. The van der Waals surface area contributed by atoms with Gasteiger partial charge in [0.2, 0.25) is 5.91 Å². The first-order valence-corrected chi connectivity index (χ1v) is 8.68. The molecule has 1 aromatic heterocycles. The number of pyridine rings is 1. The molecule has 0 saturated carbocycles. The fourth-order valence-electron chi connectivity index (χ4n) is 2.96. The average molecular weight is 374 g/mol. The summed E-state index contributed by atoms with van der Waals surface area (Å²) in [5.41, 5.74) is 2.27. The maximum absolute atomic E-state index is 12.7. The molecule has 0 radical (unpaired) electrons. The molecule has 5 heteroatoms. The van der Waals surface area contributed by atoms with Crippen molar-refractivity contribution in [3.05, 3.63) is 64.4 Å². The number of halogens is 1. The second-order valence-corrected chi connectivity index (χ2v) is 6.64. The second kappa shape index (κ2) is 7.70. The number of benzene rings is 1. The predicted molar refractivity (Wildman–Crippen MR) is 94.0 cm³/mol. The summed E-state index contributed by atoms with van der Waals surface area (Å²) in [6, 6.07) is 12.2. The van der Waals surface area contributed by atoms with Gasteiger partial charge >= 0.3 is 0 Å². The van der Waals surface area contributed by atoms with Gasteiger partial charge in [-0.25, -0.2) is 0 Å². The van der Waals surface area contributed by atoms with Gasteiger partial charge in [0.25, 0.3) is 0 Å². The van der Waals surface area contributed by atoms with Crippen LogP contribution in [-0.2, 0) is 11.2 Å². The Labute approximate surface area is 145 Å². The highest BCUT2D eigenvalue weighted by molar-refractivity contribution is 9.10. The maximum Gasteiger partial charge on any atom is 0.223 e. The molecule has 1 aromatic carbocycles. The van der Waals surface area contributed by atoms with Crippen molar-refractivity contribution >= 4 is 21.8 Å². The fourth-order valence-corrected chi connectivity index (χ4v) is 3.41. The fraction of sp³-hybridized carbons (Fsp3) is 0.333. The topological polar surface area (TPSA) is 45.2 Å². The Morgan fingerprint density at radius 3 is 3.04 bits per heavy atom. The second-order valence-electron chi connectivity index (χ2n) is 5.72. The first kappa shape index (κ1) is 16.1. The normalized spacial score (nSPS) is 18.0. The van der Waals surface area contributed by atoms with Gasteiger partial charge in [-0.3, -0.25) is 9.78 Å². The van der Waals surface area contributed by atoms with Crippen LogP contribution in [0.1, 0.15) is 23.6 Å². The lowest BCUT2D eigenvalue weighted by molar-refractivity contribution is -0.134. The summed E-state index contributed by atoms with van der Waals surface area (Å²) in [6.45, 7) is 2.38. The van der Waals surface area contributed by atoms with E-state index in [0.29, 0.717) is 6.42 Å². The molecule has 0 bridgehead atoms. The van der Waals surface area contributed by atoms with Gasteiger partial charge in [-0.15, -0.1) is 0 Å². The summed E-state index contributed by atoms with van der Waals surface area (Å²) >= 11 is 3.48. The van der Waals surface area contributed by atoms with Crippen LogP contribution in [0.2, 0.25) is 0 Å². The summed E-state index contributed by atoms with van der Waals surface area (Å²) in [7, 11) is 0. The van der Waals surface area contributed by atoms with Gasteiger partial charge in [0, 0.05) is 42.9 Å². The van der Waals surface area contributed by atoms with Crippen LogP contribution >= 0.6 is 15.9 Å². The minimum atomic E-state index is 0.0764. The SMILES string of the molecule is O=C(CCc1cccc(Br)c1)N1CCNCC1c1cccnc1. The number of carbonyl (C=O) groups excluding carboxylic acids is 1. The maximum atomic E-state index is 12.7. The van der Waals surface area contributed by atoms with Gasteiger partial charge < -0.3 is 10.2 Å². The minimum absolute atomic E-state index is 0.0764. The van der Waals surface area contributed by atoms with Crippen molar-refractivity contribution in [2.45, 2.75) is 18.9 Å². The molecule has 23 heavy (non-hydrogen) atoms. The van der Waals surface area contributed by atoms with Crippen molar-refractivity contribution in [1.29, 1.82) is 0 Å². The van der Waals surface area contributed by atoms with Crippen LogP contribution < -0.4 is 5.32 Å². The molecular weight excluding hydrogens is 354 g/mol. The van der Waals surface area contributed by atoms with Gasteiger partial charge in [-0.1, -0.05) is 34.1 Å². The van der Waals surface area contributed by atoms with E-state index in [4.69, 9.17) is 0 Å². The molecule has 2 aromatic rings. The van der Waals surface area contributed by atoms with E-state index in [0.717, 1.165) is 36.1 Å². The van der Waals surface area contributed by atoms with Crippen LogP contribution in [0.4, 0.5) is 0 Å². The van der Waals surface area contributed by atoms with E-state index in [2.05, 4.69) is 38.4 Å². The van der Waals surface area contributed by atoms with E-state index in [1.165, 1.54) is 5.56 Å². The summed E-state index contributed by atoms with van der Waals surface area (Å²) in [5, 5.41) is 3.37. The van der Waals surface area contributed by atoms with Gasteiger partial charge in [0.1, 0.15) is 0 Å². The highest BCUT2D eigenvalue weighted by atomic mass is 79.9. The predicted octanol–water partition coefficient (Wildman–Crippen LogP) is 2.95. The lowest BCUT2D eigenvalue weighted by Gasteiger charge is -2.36. The highest BCUT2D eigenvalue weighted by Gasteiger charge is 2.27. The van der Waals surface area contributed by atoms with E-state index in [-0.39, 0.29) is 11.9 Å². The zero-order valence-corrected chi connectivity index (χ0v) is 14.5. The van der Waals surface area contributed by atoms with Crippen molar-refractivity contribution in [3.8, 4) is 0 Å². The van der Waals surface area contributed by atoms with Crippen LogP contribution in [0, 0.1) is 0 Å². The molecule has 4 nitrogen and oxygen atoms in total. The van der Waals surface area contributed by atoms with Gasteiger partial charge in [-0.05, 0) is 35.7 Å². The molecular formula is C18H20BrN3O. The Morgan fingerprint density at radius 1 is 1.35 bits per heavy atom. The van der Waals surface area contributed by atoms with Crippen LogP contribution in [0.15, 0.2) is 53.3 Å². The monoisotopic (exact) mass is 373 g/mol. The molecule has 1 amide bonds. The number of aryl methyl sites for hydroxylation is 1. The molecule has 120 valence electrons. The van der Waals surface area contributed by atoms with Crippen molar-refractivity contribution in [2.24, 2.45) is 0 Å². The lowest BCUT2D eigenvalue weighted by atomic mass is 10.0. The Bertz CT molecular complexity index is 662. The van der Waals surface area contributed by atoms with E-state index >= 15 is 0 Å². The van der Waals surface area contributed by atoms with Crippen LogP contribution in [-0.4, -0.2) is 35.4 Å². The van der Waals surface area contributed by atoms with Gasteiger partial charge in [-0.2, -0.15) is 0 Å². The van der Waals surface area contributed by atoms with Crippen molar-refractivity contribution in [3.63, 3.8) is 0 Å². The number of nitrogens with zero attached hydrogens (tertiary/aromatic N) is 2. The number of hydrogen-bond donors (Lipinski definition) is 1. The molecule has 1 atom stereocenters. The lowest BCUT2D eigenvalue weighted by Crippen LogP contribution is -2.48. The smallest absolute Gasteiger partial charge is 0.223 e. The van der Waals surface area contributed by atoms with E-state index in [1.807, 2.05) is 35.4 Å². The molecule has 0 aliphatic carbocycles. The Kier molecular flexibility index (Phi) is 5.41. The average Bonchev–Trinajstić information content (AvgIpc) is 2.60. The number of carbonyl (C=O) groups is 1. The van der Waals surface area contributed by atoms with E-state index in [9.17, 15) is 4.79 Å². The third-order valence-electron chi connectivity index (χ3n) is 4.15. The summed E-state index contributed by atoms with van der Waals surface area (Å²) in [5.74, 6) is 0.209. The third-order valence-corrected chi connectivity index (χ3v) is 4.64. The number of hydrogen-bond acceptors (Lipinski definition) is 3. The molecule has 2 heterocycles. The first-order chi connectivity index (χ1) is 11.2. The van der Waals surface area contributed by atoms with E-state index < -0.39 is 0 Å². The van der Waals surface area contributed by atoms with Gasteiger partial charge in [0.15, 0.2) is 0 Å². The third kappa shape index (κ3) is 4.18. The summed E-state index contributed by atoms with van der Waals surface area (Å²) in [4.78, 5) is 18.9. The summed E-state index contributed by atoms with van der Waals surface area (Å²) in [6.07, 6.45) is 4.92. The van der Waals surface area contributed by atoms with Crippen LogP contribution in [0.25, 0.3) is 0 Å². The standard InChI is InChI=1S/C18H20BrN3O/c19-16-5-1-3-14(11-16)6-7-18(23)22-10-9-21-13-17(22)15-4-2-8-20-12-15/h1-5,8,11-12,17,21H,6-7,9-10,13H2. The molecule has 1 fully saturated rings.